The lowest BCUT2D eigenvalue weighted by atomic mass is 9.77. The summed E-state index contributed by atoms with van der Waals surface area (Å²) in [4.78, 5) is 2.86. The second-order valence-corrected chi connectivity index (χ2v) is 6.74. The van der Waals surface area contributed by atoms with E-state index in [-0.39, 0.29) is 0 Å². The lowest BCUT2D eigenvalue weighted by Crippen LogP contribution is -2.48. The molecule has 2 saturated carbocycles. The van der Waals surface area contributed by atoms with Gasteiger partial charge in [0.05, 0.1) is 0 Å². The van der Waals surface area contributed by atoms with Crippen LogP contribution in [0.4, 0.5) is 0 Å². The summed E-state index contributed by atoms with van der Waals surface area (Å²) in [6.45, 7) is 7.68. The summed E-state index contributed by atoms with van der Waals surface area (Å²) in [5.74, 6) is 1.06. The van der Waals surface area contributed by atoms with Crippen LogP contribution in [0.1, 0.15) is 51.9 Å². The molecule has 0 amide bonds. The van der Waals surface area contributed by atoms with Gasteiger partial charge in [0.25, 0.3) is 0 Å². The van der Waals surface area contributed by atoms with Gasteiger partial charge in [-0.1, -0.05) is 6.92 Å². The van der Waals surface area contributed by atoms with Crippen molar-refractivity contribution in [2.75, 3.05) is 26.2 Å². The van der Waals surface area contributed by atoms with Crippen LogP contribution in [0.2, 0.25) is 0 Å². The number of hydrogen-bond acceptors (Lipinski definition) is 2. The number of nitrogens with zero attached hydrogens (tertiary/aromatic N) is 1. The Kier molecular flexibility index (Phi) is 3.45. The third-order valence-electron chi connectivity index (χ3n) is 5.10. The third kappa shape index (κ3) is 3.03. The molecule has 2 nitrogen and oxygen atoms in total. The van der Waals surface area contributed by atoms with Crippen molar-refractivity contribution in [3.8, 4) is 0 Å². The molecule has 1 atom stereocenters. The van der Waals surface area contributed by atoms with Gasteiger partial charge < -0.3 is 5.32 Å². The molecule has 98 valence electrons. The van der Waals surface area contributed by atoms with E-state index in [2.05, 4.69) is 17.1 Å². The van der Waals surface area contributed by atoms with Crippen molar-refractivity contribution in [2.24, 2.45) is 11.3 Å². The van der Waals surface area contributed by atoms with Gasteiger partial charge in [-0.05, 0) is 62.8 Å². The normalized spacial score (nSPS) is 34.2. The molecule has 1 N–H and O–H groups in total. The Morgan fingerprint density at radius 1 is 1.24 bits per heavy atom. The molecule has 0 aromatic heterocycles. The molecule has 0 spiro atoms. The summed E-state index contributed by atoms with van der Waals surface area (Å²) in [5.41, 5.74) is 0.593. The van der Waals surface area contributed by atoms with Crippen LogP contribution in [0.15, 0.2) is 0 Å². The summed E-state index contributed by atoms with van der Waals surface area (Å²) in [5, 5.41) is 3.63. The Balaban J connectivity index is 1.60. The van der Waals surface area contributed by atoms with Crippen LogP contribution in [-0.2, 0) is 0 Å². The molecule has 1 aliphatic heterocycles. The minimum atomic E-state index is 0.593. The Labute approximate surface area is 106 Å². The molecule has 3 fully saturated rings. The highest BCUT2D eigenvalue weighted by Crippen LogP contribution is 2.39. The molecule has 0 bridgehead atoms. The van der Waals surface area contributed by atoms with E-state index in [0.717, 1.165) is 12.0 Å². The van der Waals surface area contributed by atoms with Crippen LogP contribution < -0.4 is 5.32 Å². The molecule has 1 unspecified atom stereocenters. The summed E-state index contributed by atoms with van der Waals surface area (Å²) in [6.07, 6.45) is 10.1. The summed E-state index contributed by atoms with van der Waals surface area (Å²) >= 11 is 0. The van der Waals surface area contributed by atoms with Crippen molar-refractivity contribution in [3.63, 3.8) is 0 Å². The molecular formula is C15H28N2. The minimum absolute atomic E-state index is 0.593. The molecule has 0 aromatic carbocycles. The second-order valence-electron chi connectivity index (χ2n) is 6.74. The largest absolute Gasteiger partial charge is 0.316 e. The van der Waals surface area contributed by atoms with Gasteiger partial charge in [0.2, 0.25) is 0 Å². The van der Waals surface area contributed by atoms with Gasteiger partial charge in [-0.2, -0.15) is 0 Å². The average molecular weight is 236 g/mol. The quantitative estimate of drug-likeness (QED) is 0.763. The topological polar surface area (TPSA) is 15.3 Å². The van der Waals surface area contributed by atoms with Gasteiger partial charge in [0, 0.05) is 25.7 Å². The first kappa shape index (κ1) is 12.0. The average Bonchev–Trinajstić information content (AvgIpc) is 3.22. The Bertz CT molecular complexity index is 250. The zero-order chi connectivity index (χ0) is 11.7. The van der Waals surface area contributed by atoms with E-state index in [1.54, 1.807) is 0 Å². The van der Waals surface area contributed by atoms with E-state index in [4.69, 9.17) is 0 Å². The number of rotatable bonds is 6. The lowest BCUT2D eigenvalue weighted by molar-refractivity contribution is 0.103. The standard InChI is InChI=1S/C15H28N2/c1-2-15(8-3-9-16-11-15)12-17(14-6-7-14)10-13-4-5-13/h13-14,16H,2-12H2,1H3. The SMILES string of the molecule is CCC1(CN(CC2CC2)C2CC2)CCCNC1. The summed E-state index contributed by atoms with van der Waals surface area (Å²) in [7, 11) is 0. The third-order valence-corrected chi connectivity index (χ3v) is 5.10. The van der Waals surface area contributed by atoms with Gasteiger partial charge in [-0.25, -0.2) is 0 Å². The molecule has 3 aliphatic rings. The molecule has 1 saturated heterocycles. The Morgan fingerprint density at radius 3 is 2.59 bits per heavy atom. The second kappa shape index (κ2) is 4.89. The van der Waals surface area contributed by atoms with Crippen molar-refractivity contribution in [1.29, 1.82) is 0 Å². The highest BCUT2D eigenvalue weighted by molar-refractivity contribution is 4.94. The Morgan fingerprint density at radius 2 is 2.06 bits per heavy atom. The van der Waals surface area contributed by atoms with Crippen LogP contribution in [0.25, 0.3) is 0 Å². The van der Waals surface area contributed by atoms with Gasteiger partial charge >= 0.3 is 0 Å². The number of hydrogen-bond donors (Lipinski definition) is 1. The molecule has 3 rings (SSSR count). The van der Waals surface area contributed by atoms with Crippen molar-refractivity contribution in [2.45, 2.75) is 57.9 Å². The molecule has 2 heteroatoms. The number of nitrogens with one attached hydrogen (secondary N) is 1. The van der Waals surface area contributed by atoms with Crippen LogP contribution in [0, 0.1) is 11.3 Å². The summed E-state index contributed by atoms with van der Waals surface area (Å²) in [6, 6.07) is 0.959. The molecule has 2 aliphatic carbocycles. The van der Waals surface area contributed by atoms with E-state index in [9.17, 15) is 0 Å². The van der Waals surface area contributed by atoms with Crippen LogP contribution in [0.5, 0.6) is 0 Å². The zero-order valence-corrected chi connectivity index (χ0v) is 11.4. The highest BCUT2D eigenvalue weighted by Gasteiger charge is 2.39. The van der Waals surface area contributed by atoms with Gasteiger partial charge in [-0.15, -0.1) is 0 Å². The first-order chi connectivity index (χ1) is 8.31. The first-order valence-corrected chi connectivity index (χ1v) is 7.76. The van der Waals surface area contributed by atoms with Gasteiger partial charge in [0.1, 0.15) is 0 Å². The van der Waals surface area contributed by atoms with E-state index in [1.807, 2.05) is 0 Å². The fraction of sp³-hybridized carbons (Fsp3) is 1.00. The first-order valence-electron chi connectivity index (χ1n) is 7.76. The number of piperidine rings is 1. The fourth-order valence-electron chi connectivity index (χ4n) is 3.42. The molecule has 17 heavy (non-hydrogen) atoms. The van der Waals surface area contributed by atoms with Crippen molar-refractivity contribution in [3.05, 3.63) is 0 Å². The van der Waals surface area contributed by atoms with Gasteiger partial charge in [0.15, 0.2) is 0 Å². The van der Waals surface area contributed by atoms with Crippen molar-refractivity contribution in [1.82, 2.24) is 10.2 Å². The van der Waals surface area contributed by atoms with Crippen molar-refractivity contribution >= 4 is 0 Å². The van der Waals surface area contributed by atoms with E-state index in [0.29, 0.717) is 5.41 Å². The maximum atomic E-state index is 3.63. The maximum Gasteiger partial charge on any atom is 0.00967 e. The predicted octanol–water partition coefficient (Wildman–Crippen LogP) is 2.64. The maximum absolute atomic E-state index is 3.63. The van der Waals surface area contributed by atoms with E-state index >= 15 is 0 Å². The minimum Gasteiger partial charge on any atom is -0.316 e. The van der Waals surface area contributed by atoms with Crippen molar-refractivity contribution < 1.29 is 0 Å². The Hall–Kier alpha value is -0.0800. The molecule has 1 heterocycles. The van der Waals surface area contributed by atoms with Crippen LogP contribution in [0.3, 0.4) is 0 Å². The zero-order valence-electron chi connectivity index (χ0n) is 11.4. The highest BCUT2D eigenvalue weighted by atomic mass is 15.2. The molecule has 0 radical (unpaired) electrons. The van der Waals surface area contributed by atoms with Gasteiger partial charge in [-0.3, -0.25) is 4.90 Å². The molecule has 0 aromatic rings. The lowest BCUT2D eigenvalue weighted by Gasteiger charge is -2.41. The fourth-order valence-corrected chi connectivity index (χ4v) is 3.42. The molecular weight excluding hydrogens is 208 g/mol. The van der Waals surface area contributed by atoms with E-state index < -0.39 is 0 Å². The van der Waals surface area contributed by atoms with Crippen LogP contribution >= 0.6 is 0 Å². The van der Waals surface area contributed by atoms with Crippen LogP contribution in [-0.4, -0.2) is 37.1 Å². The predicted molar refractivity (Wildman–Crippen MR) is 72.1 cm³/mol. The monoisotopic (exact) mass is 236 g/mol. The smallest absolute Gasteiger partial charge is 0.00967 e. The van der Waals surface area contributed by atoms with E-state index in [1.165, 1.54) is 71.1 Å². The summed E-state index contributed by atoms with van der Waals surface area (Å²) < 4.78 is 0.